The maximum Gasteiger partial charge on any atom is 0.416 e. The molecule has 5 nitrogen and oxygen atoms in total. The van der Waals surface area contributed by atoms with Gasteiger partial charge in [-0.05, 0) is 36.4 Å². The van der Waals surface area contributed by atoms with E-state index in [2.05, 4.69) is 4.72 Å². The lowest BCUT2D eigenvalue weighted by atomic mass is 10.1. The van der Waals surface area contributed by atoms with E-state index in [-0.39, 0.29) is 32.8 Å². The highest BCUT2D eigenvalue weighted by Crippen LogP contribution is 2.30. The number of hydrogen-bond donors (Lipinski definition) is 1. The van der Waals surface area contributed by atoms with Crippen LogP contribution in [0.4, 0.5) is 18.9 Å². The van der Waals surface area contributed by atoms with Gasteiger partial charge in [0.15, 0.2) is 10.9 Å². The van der Waals surface area contributed by atoms with E-state index < -0.39 is 21.8 Å². The lowest BCUT2D eigenvalue weighted by Crippen LogP contribution is -2.14. The molecule has 0 amide bonds. The van der Waals surface area contributed by atoms with Crippen molar-refractivity contribution < 1.29 is 31.2 Å². The van der Waals surface area contributed by atoms with E-state index in [1.807, 2.05) is 0 Å². The SMILES string of the molecule is CC(=O)SCC(=O)c1cccc(NS(=O)(=O)c2ccc(C(F)(F)F)cc2)c1. The topological polar surface area (TPSA) is 80.3 Å². The van der Waals surface area contributed by atoms with E-state index in [4.69, 9.17) is 0 Å². The average molecular weight is 417 g/mol. The number of nitrogens with one attached hydrogen (secondary N) is 1. The van der Waals surface area contributed by atoms with E-state index in [1.165, 1.54) is 31.2 Å². The second-order valence-electron chi connectivity index (χ2n) is 5.41. The Bertz CT molecular complexity index is 955. The molecule has 0 atom stereocenters. The molecule has 0 aliphatic rings. The summed E-state index contributed by atoms with van der Waals surface area (Å²) >= 11 is 0.834. The molecule has 0 fully saturated rings. The molecule has 1 N–H and O–H groups in total. The number of rotatable bonds is 6. The van der Waals surface area contributed by atoms with Crippen molar-refractivity contribution in [1.82, 2.24) is 0 Å². The summed E-state index contributed by atoms with van der Waals surface area (Å²) in [7, 11) is -4.13. The second kappa shape index (κ2) is 8.13. The standard InChI is InChI=1S/C17H14F3NO4S2/c1-11(22)26-10-16(23)12-3-2-4-14(9-12)21-27(24,25)15-7-5-13(6-8-15)17(18,19)20/h2-9,21H,10H2,1H3. The lowest BCUT2D eigenvalue weighted by Gasteiger charge is -2.11. The van der Waals surface area contributed by atoms with Gasteiger partial charge in [-0.3, -0.25) is 14.3 Å². The third kappa shape index (κ3) is 5.83. The van der Waals surface area contributed by atoms with Gasteiger partial charge in [0.2, 0.25) is 0 Å². The van der Waals surface area contributed by atoms with E-state index in [0.717, 1.165) is 23.9 Å². The monoisotopic (exact) mass is 417 g/mol. The molecular formula is C17H14F3NO4S2. The first-order valence-corrected chi connectivity index (χ1v) is 9.92. The van der Waals surface area contributed by atoms with Gasteiger partial charge >= 0.3 is 6.18 Å². The Morgan fingerprint density at radius 3 is 2.26 bits per heavy atom. The van der Waals surface area contributed by atoms with Crippen molar-refractivity contribution in [3.05, 3.63) is 59.7 Å². The van der Waals surface area contributed by atoms with Crippen molar-refractivity contribution in [3.63, 3.8) is 0 Å². The number of Topliss-reactive ketones (excluding diaryl/α,β-unsaturated/α-hetero) is 1. The minimum atomic E-state index is -4.57. The first-order chi connectivity index (χ1) is 12.5. The highest BCUT2D eigenvalue weighted by atomic mass is 32.2. The van der Waals surface area contributed by atoms with Crippen molar-refractivity contribution in [2.24, 2.45) is 0 Å². The van der Waals surface area contributed by atoms with Gasteiger partial charge in [0.1, 0.15) is 0 Å². The van der Waals surface area contributed by atoms with Crippen molar-refractivity contribution in [1.29, 1.82) is 0 Å². The Balaban J connectivity index is 2.19. The first kappa shape index (κ1) is 21.0. The van der Waals surface area contributed by atoms with Crippen molar-refractivity contribution in [3.8, 4) is 0 Å². The molecule has 0 saturated heterocycles. The Hall–Kier alpha value is -2.33. The molecule has 2 rings (SSSR count). The van der Waals surface area contributed by atoms with Gasteiger partial charge in [0.05, 0.1) is 16.2 Å². The van der Waals surface area contributed by atoms with Crippen LogP contribution in [0.1, 0.15) is 22.8 Å². The third-order valence-electron chi connectivity index (χ3n) is 3.34. The summed E-state index contributed by atoms with van der Waals surface area (Å²) in [6.45, 7) is 1.33. The minimum absolute atomic E-state index is 0.0774. The summed E-state index contributed by atoms with van der Waals surface area (Å²) < 4.78 is 64.6. The number of carbonyl (C=O) groups is 2. The maximum absolute atomic E-state index is 12.6. The molecule has 0 saturated carbocycles. The Morgan fingerprint density at radius 1 is 1.07 bits per heavy atom. The molecular weight excluding hydrogens is 403 g/mol. The van der Waals surface area contributed by atoms with E-state index in [0.29, 0.717) is 12.1 Å². The number of ketones is 1. The molecule has 27 heavy (non-hydrogen) atoms. The molecule has 0 spiro atoms. The van der Waals surface area contributed by atoms with Crippen LogP contribution < -0.4 is 4.72 Å². The van der Waals surface area contributed by atoms with Crippen LogP contribution in [-0.4, -0.2) is 25.1 Å². The van der Waals surface area contributed by atoms with Gasteiger partial charge in [-0.25, -0.2) is 8.42 Å². The van der Waals surface area contributed by atoms with Crippen LogP contribution in [0, 0.1) is 0 Å². The zero-order chi connectivity index (χ0) is 20.2. The minimum Gasteiger partial charge on any atom is -0.293 e. The molecule has 144 valence electrons. The summed E-state index contributed by atoms with van der Waals surface area (Å²) in [5, 5.41) is -0.220. The smallest absolute Gasteiger partial charge is 0.293 e. The fourth-order valence-corrected chi connectivity index (χ4v) is 3.59. The van der Waals surface area contributed by atoms with Crippen LogP contribution in [0.15, 0.2) is 53.4 Å². The Morgan fingerprint density at radius 2 is 1.70 bits per heavy atom. The van der Waals surface area contributed by atoms with Crippen molar-refractivity contribution in [2.75, 3.05) is 10.5 Å². The van der Waals surface area contributed by atoms with Gasteiger partial charge in [0, 0.05) is 18.2 Å². The van der Waals surface area contributed by atoms with Crippen LogP contribution in [0.5, 0.6) is 0 Å². The second-order valence-corrected chi connectivity index (χ2v) is 8.25. The largest absolute Gasteiger partial charge is 0.416 e. The van der Waals surface area contributed by atoms with E-state index in [1.54, 1.807) is 0 Å². The summed E-state index contributed by atoms with van der Waals surface area (Å²) in [6, 6.07) is 8.67. The predicted molar refractivity (Wildman–Crippen MR) is 96.2 cm³/mol. The highest BCUT2D eigenvalue weighted by Gasteiger charge is 2.30. The molecule has 0 aliphatic carbocycles. The third-order valence-corrected chi connectivity index (χ3v) is 5.55. The molecule has 0 bridgehead atoms. The summed E-state index contributed by atoms with van der Waals surface area (Å²) in [5.74, 6) is -0.435. The van der Waals surface area contributed by atoms with Crippen LogP contribution >= 0.6 is 11.8 Å². The zero-order valence-corrected chi connectivity index (χ0v) is 15.5. The maximum atomic E-state index is 12.6. The van der Waals surface area contributed by atoms with Gasteiger partial charge in [-0.2, -0.15) is 13.2 Å². The first-order valence-electron chi connectivity index (χ1n) is 7.46. The quantitative estimate of drug-likeness (QED) is 0.720. The van der Waals surface area contributed by atoms with E-state index >= 15 is 0 Å². The summed E-state index contributed by atoms with van der Waals surface area (Å²) in [4.78, 5) is 22.6. The summed E-state index contributed by atoms with van der Waals surface area (Å²) in [5.41, 5.74) is -0.679. The summed E-state index contributed by atoms with van der Waals surface area (Å²) in [6.07, 6.45) is -4.57. The van der Waals surface area contributed by atoms with Gasteiger partial charge in [-0.15, -0.1) is 0 Å². The average Bonchev–Trinajstić information content (AvgIpc) is 2.59. The van der Waals surface area contributed by atoms with Crippen LogP contribution in [0.3, 0.4) is 0 Å². The molecule has 0 heterocycles. The number of anilines is 1. The molecule has 2 aromatic rings. The fourth-order valence-electron chi connectivity index (χ4n) is 2.04. The van der Waals surface area contributed by atoms with E-state index in [9.17, 15) is 31.2 Å². The van der Waals surface area contributed by atoms with Gasteiger partial charge < -0.3 is 0 Å². The highest BCUT2D eigenvalue weighted by molar-refractivity contribution is 8.14. The number of carbonyl (C=O) groups excluding carboxylic acids is 2. The molecule has 0 radical (unpaired) electrons. The molecule has 10 heteroatoms. The van der Waals surface area contributed by atoms with Crippen molar-refractivity contribution >= 4 is 38.4 Å². The fraction of sp³-hybridized carbons (Fsp3) is 0.176. The molecule has 0 aromatic heterocycles. The Kier molecular flexibility index (Phi) is 6.32. The lowest BCUT2D eigenvalue weighted by molar-refractivity contribution is -0.137. The number of sulfonamides is 1. The van der Waals surface area contributed by atoms with Gasteiger partial charge in [0.25, 0.3) is 10.0 Å². The van der Waals surface area contributed by atoms with Crippen LogP contribution in [-0.2, 0) is 21.0 Å². The molecule has 2 aromatic carbocycles. The molecule has 0 unspecified atom stereocenters. The predicted octanol–water partition coefficient (Wildman–Crippen LogP) is 3.97. The number of alkyl halides is 3. The van der Waals surface area contributed by atoms with Crippen LogP contribution in [0.25, 0.3) is 0 Å². The number of hydrogen-bond acceptors (Lipinski definition) is 5. The number of halogens is 3. The normalized spacial score (nSPS) is 11.9. The van der Waals surface area contributed by atoms with Crippen molar-refractivity contribution in [2.45, 2.75) is 18.0 Å². The number of benzene rings is 2. The van der Waals surface area contributed by atoms with Gasteiger partial charge in [-0.1, -0.05) is 23.9 Å². The molecule has 0 aliphatic heterocycles. The Labute approximate surface area is 158 Å². The zero-order valence-electron chi connectivity index (χ0n) is 13.9. The van der Waals surface area contributed by atoms with Crippen LogP contribution in [0.2, 0.25) is 0 Å². The number of thioether (sulfide) groups is 1.